The van der Waals surface area contributed by atoms with Crippen molar-refractivity contribution >= 4 is 11.9 Å². The van der Waals surface area contributed by atoms with Crippen LogP contribution < -0.4 is 10.2 Å². The molecular weight excluding hydrogens is 340 g/mol. The Morgan fingerprint density at radius 2 is 1.96 bits per heavy atom. The number of anilines is 1. The molecular formula is C21H26N4O2. The number of carbonyl (C=O) groups is 1. The minimum atomic E-state index is 0.00387. The molecule has 1 aromatic carbocycles. The minimum Gasteiger partial charge on any atom is -0.375 e. The summed E-state index contributed by atoms with van der Waals surface area (Å²) in [6, 6.07) is 11.9. The Morgan fingerprint density at radius 1 is 1.19 bits per heavy atom. The van der Waals surface area contributed by atoms with Crippen LogP contribution in [0.25, 0.3) is 0 Å². The van der Waals surface area contributed by atoms with Crippen LogP contribution in [0.2, 0.25) is 0 Å². The third-order valence-electron chi connectivity index (χ3n) is 5.81. The second kappa shape index (κ2) is 8.05. The van der Waals surface area contributed by atoms with E-state index in [1.165, 1.54) is 6.42 Å². The summed E-state index contributed by atoms with van der Waals surface area (Å²) in [5, 5.41) is 3.07. The number of nitrogens with one attached hydrogen (secondary N) is 1. The molecule has 6 nitrogen and oxygen atoms in total. The van der Waals surface area contributed by atoms with E-state index in [4.69, 9.17) is 4.74 Å². The topological polar surface area (TPSA) is 67.3 Å². The molecule has 142 valence electrons. The molecule has 2 fully saturated rings. The molecule has 1 saturated carbocycles. The van der Waals surface area contributed by atoms with E-state index in [2.05, 4.69) is 20.2 Å². The normalized spacial score (nSPS) is 20.4. The first-order valence-corrected chi connectivity index (χ1v) is 9.68. The Bertz CT molecular complexity index is 749. The number of rotatable bonds is 7. The number of aromatic nitrogens is 2. The van der Waals surface area contributed by atoms with E-state index < -0.39 is 0 Å². The van der Waals surface area contributed by atoms with Crippen LogP contribution in [0.15, 0.2) is 48.8 Å². The van der Waals surface area contributed by atoms with Gasteiger partial charge in [-0.15, -0.1) is 0 Å². The van der Waals surface area contributed by atoms with Gasteiger partial charge < -0.3 is 15.0 Å². The van der Waals surface area contributed by atoms with Crippen molar-refractivity contribution in [2.45, 2.75) is 25.9 Å². The first-order chi connectivity index (χ1) is 13.3. The van der Waals surface area contributed by atoms with Crippen molar-refractivity contribution in [1.82, 2.24) is 15.3 Å². The molecule has 0 bridgehead atoms. The van der Waals surface area contributed by atoms with Gasteiger partial charge in [-0.05, 0) is 24.5 Å². The van der Waals surface area contributed by atoms with Crippen LogP contribution in [-0.2, 0) is 16.1 Å². The molecule has 2 aromatic rings. The van der Waals surface area contributed by atoms with Crippen LogP contribution in [-0.4, -0.2) is 42.1 Å². The lowest BCUT2D eigenvalue weighted by Crippen LogP contribution is -2.45. The predicted molar refractivity (Wildman–Crippen MR) is 103 cm³/mol. The summed E-state index contributed by atoms with van der Waals surface area (Å²) in [7, 11) is 0. The minimum absolute atomic E-state index is 0.00387. The average Bonchev–Trinajstić information content (AvgIpc) is 3.11. The van der Waals surface area contributed by atoms with Crippen molar-refractivity contribution in [3.05, 3.63) is 54.4 Å². The third kappa shape index (κ3) is 3.95. The molecule has 1 saturated heterocycles. The second-order valence-electron chi connectivity index (χ2n) is 7.53. The highest BCUT2D eigenvalue weighted by Gasteiger charge is 2.53. The van der Waals surface area contributed by atoms with Gasteiger partial charge in [0.05, 0.1) is 19.1 Å². The molecule has 27 heavy (non-hydrogen) atoms. The van der Waals surface area contributed by atoms with E-state index in [9.17, 15) is 4.79 Å². The van der Waals surface area contributed by atoms with Crippen molar-refractivity contribution in [3.8, 4) is 0 Å². The quantitative estimate of drug-likeness (QED) is 0.762. The first kappa shape index (κ1) is 17.9. The summed E-state index contributed by atoms with van der Waals surface area (Å²) >= 11 is 0. The fourth-order valence-corrected chi connectivity index (χ4v) is 4.21. The molecule has 1 aromatic heterocycles. The maximum Gasteiger partial charge on any atom is 0.225 e. The zero-order valence-electron chi connectivity index (χ0n) is 15.5. The molecule has 2 aliphatic rings. The second-order valence-corrected chi connectivity index (χ2v) is 7.53. The number of hydrogen-bond donors (Lipinski definition) is 1. The van der Waals surface area contributed by atoms with Gasteiger partial charge in [0.15, 0.2) is 0 Å². The summed E-state index contributed by atoms with van der Waals surface area (Å²) in [5.41, 5.74) is 1.24. The van der Waals surface area contributed by atoms with Gasteiger partial charge in [0, 0.05) is 37.4 Å². The SMILES string of the molecule is O=C(NCCOCc1ccccc1)C1CN(c2ncccn2)CC12CCC2. The number of amides is 1. The lowest BCUT2D eigenvalue weighted by Gasteiger charge is -2.41. The molecule has 1 aliphatic heterocycles. The molecule has 1 unspecified atom stereocenters. The molecule has 1 amide bonds. The number of ether oxygens (including phenoxy) is 1. The average molecular weight is 366 g/mol. The fraction of sp³-hybridized carbons (Fsp3) is 0.476. The standard InChI is InChI=1S/C21H26N4O2/c26-19(22-12-13-27-15-17-6-2-1-3-7-17)18-14-25(16-21(18)8-4-9-21)20-23-10-5-11-24-20/h1-3,5-7,10-11,18H,4,8-9,12-16H2,(H,22,26). The van der Waals surface area contributed by atoms with Gasteiger partial charge >= 0.3 is 0 Å². The summed E-state index contributed by atoms with van der Waals surface area (Å²) in [6.07, 6.45) is 6.94. The highest BCUT2D eigenvalue weighted by molar-refractivity contribution is 5.81. The van der Waals surface area contributed by atoms with E-state index in [1.807, 2.05) is 36.4 Å². The molecule has 4 rings (SSSR count). The zero-order chi connectivity index (χ0) is 18.5. The van der Waals surface area contributed by atoms with Crippen molar-refractivity contribution < 1.29 is 9.53 Å². The van der Waals surface area contributed by atoms with Crippen molar-refractivity contribution in [2.75, 3.05) is 31.1 Å². The lowest BCUT2D eigenvalue weighted by molar-refractivity contribution is -0.129. The van der Waals surface area contributed by atoms with E-state index in [1.54, 1.807) is 12.4 Å². The van der Waals surface area contributed by atoms with Crippen LogP contribution in [0, 0.1) is 11.3 Å². The molecule has 0 radical (unpaired) electrons. The summed E-state index contributed by atoms with van der Waals surface area (Å²) in [4.78, 5) is 23.7. The van der Waals surface area contributed by atoms with Crippen molar-refractivity contribution in [3.63, 3.8) is 0 Å². The van der Waals surface area contributed by atoms with Crippen molar-refractivity contribution in [2.24, 2.45) is 11.3 Å². The monoisotopic (exact) mass is 366 g/mol. The number of hydrogen-bond acceptors (Lipinski definition) is 5. The van der Waals surface area contributed by atoms with Gasteiger partial charge in [0.25, 0.3) is 0 Å². The highest BCUT2D eigenvalue weighted by Crippen LogP contribution is 2.52. The van der Waals surface area contributed by atoms with E-state index in [0.29, 0.717) is 26.3 Å². The Balaban J connectivity index is 1.27. The highest BCUT2D eigenvalue weighted by atomic mass is 16.5. The van der Waals surface area contributed by atoms with Crippen molar-refractivity contribution in [1.29, 1.82) is 0 Å². The van der Waals surface area contributed by atoms with E-state index in [-0.39, 0.29) is 17.2 Å². The number of benzene rings is 1. The van der Waals surface area contributed by atoms with Crippen LogP contribution in [0.1, 0.15) is 24.8 Å². The molecule has 1 N–H and O–H groups in total. The molecule has 2 heterocycles. The Labute approximate surface area is 160 Å². The van der Waals surface area contributed by atoms with E-state index in [0.717, 1.165) is 30.9 Å². The van der Waals surface area contributed by atoms with Crippen LogP contribution in [0.4, 0.5) is 5.95 Å². The largest absolute Gasteiger partial charge is 0.375 e. The Morgan fingerprint density at radius 3 is 2.67 bits per heavy atom. The number of carbonyl (C=O) groups excluding carboxylic acids is 1. The van der Waals surface area contributed by atoms with Gasteiger partial charge in [-0.1, -0.05) is 36.8 Å². The van der Waals surface area contributed by atoms with E-state index >= 15 is 0 Å². The molecule has 1 aliphatic carbocycles. The number of nitrogens with zero attached hydrogens (tertiary/aromatic N) is 3. The third-order valence-corrected chi connectivity index (χ3v) is 5.81. The van der Waals surface area contributed by atoms with Gasteiger partial charge in [0.2, 0.25) is 11.9 Å². The zero-order valence-corrected chi connectivity index (χ0v) is 15.5. The lowest BCUT2D eigenvalue weighted by atomic mass is 9.62. The predicted octanol–water partition coefficient (Wildman–Crippen LogP) is 2.42. The van der Waals surface area contributed by atoms with Gasteiger partial charge in [-0.25, -0.2) is 9.97 Å². The molecule has 1 atom stereocenters. The summed E-state index contributed by atoms with van der Waals surface area (Å²) < 4.78 is 5.67. The Hall–Kier alpha value is -2.47. The van der Waals surface area contributed by atoms with Gasteiger partial charge in [-0.2, -0.15) is 0 Å². The van der Waals surface area contributed by atoms with Gasteiger partial charge in [0.1, 0.15) is 0 Å². The van der Waals surface area contributed by atoms with Crippen LogP contribution in [0.3, 0.4) is 0 Å². The molecule has 6 heteroatoms. The van der Waals surface area contributed by atoms with Gasteiger partial charge in [-0.3, -0.25) is 4.79 Å². The summed E-state index contributed by atoms with van der Waals surface area (Å²) in [6.45, 7) is 3.20. The molecule has 1 spiro atoms. The van der Waals surface area contributed by atoms with Crippen LogP contribution >= 0.6 is 0 Å². The van der Waals surface area contributed by atoms with Crippen LogP contribution in [0.5, 0.6) is 0 Å². The smallest absolute Gasteiger partial charge is 0.225 e. The summed E-state index contributed by atoms with van der Waals surface area (Å²) in [5.74, 6) is 0.867. The first-order valence-electron chi connectivity index (χ1n) is 9.68. The maximum absolute atomic E-state index is 12.8. The fourth-order valence-electron chi connectivity index (χ4n) is 4.21. The Kier molecular flexibility index (Phi) is 5.34. The maximum atomic E-state index is 12.8.